The first-order valence-corrected chi connectivity index (χ1v) is 8.96. The smallest absolute Gasteiger partial charge is 0.250 e. The molecular weight excluding hydrogens is 344 g/mol. The van der Waals surface area contributed by atoms with E-state index < -0.39 is 0 Å². The summed E-state index contributed by atoms with van der Waals surface area (Å²) in [7, 11) is 1.76. The van der Waals surface area contributed by atoms with Crippen molar-refractivity contribution in [2.24, 2.45) is 7.05 Å². The molecule has 0 amide bonds. The van der Waals surface area contributed by atoms with E-state index in [2.05, 4.69) is 39.8 Å². The summed E-state index contributed by atoms with van der Waals surface area (Å²) in [6, 6.07) is 13.9. The number of benzene rings is 1. The first-order valence-electron chi connectivity index (χ1n) is 8.18. The fourth-order valence-corrected chi connectivity index (χ4v) is 3.86. The van der Waals surface area contributed by atoms with Crippen LogP contribution in [0.1, 0.15) is 0 Å². The van der Waals surface area contributed by atoms with E-state index in [1.807, 2.05) is 35.4 Å². The van der Waals surface area contributed by atoms with E-state index in [9.17, 15) is 4.79 Å². The maximum absolute atomic E-state index is 11.6. The summed E-state index contributed by atoms with van der Waals surface area (Å²) in [6.07, 6.45) is 7.61. The Bertz CT molecular complexity index is 1330. The van der Waals surface area contributed by atoms with Crippen molar-refractivity contribution in [1.82, 2.24) is 18.6 Å². The molecule has 4 heterocycles. The lowest BCUT2D eigenvalue weighted by molar-refractivity contribution is 0.861. The Hall–Kier alpha value is -3.25. The number of hydrogen-bond donors (Lipinski definition) is 0. The third kappa shape index (κ3) is 2.34. The van der Waals surface area contributed by atoms with Gasteiger partial charge in [0, 0.05) is 48.2 Å². The molecule has 0 spiro atoms. The van der Waals surface area contributed by atoms with Gasteiger partial charge in [0.05, 0.1) is 16.4 Å². The van der Waals surface area contributed by atoms with Crippen LogP contribution in [0.2, 0.25) is 0 Å². The molecular formula is C20H14N4OS. The summed E-state index contributed by atoms with van der Waals surface area (Å²) < 4.78 is 8.87. The minimum Gasteiger partial charge on any atom is -0.318 e. The molecule has 6 heteroatoms. The van der Waals surface area contributed by atoms with E-state index in [0.29, 0.717) is 0 Å². The van der Waals surface area contributed by atoms with Crippen molar-refractivity contribution in [2.45, 2.75) is 0 Å². The molecule has 0 N–H and O–H groups in total. The number of rotatable bonds is 2. The second-order valence-corrected chi connectivity index (χ2v) is 7.08. The minimum atomic E-state index is -0.0188. The summed E-state index contributed by atoms with van der Waals surface area (Å²) >= 11 is 1.50. The van der Waals surface area contributed by atoms with Crippen LogP contribution in [-0.4, -0.2) is 18.6 Å². The Labute approximate surface area is 152 Å². The summed E-state index contributed by atoms with van der Waals surface area (Å²) in [6.45, 7) is 0. The highest BCUT2D eigenvalue weighted by Gasteiger charge is 2.09. The second-order valence-electron chi connectivity index (χ2n) is 6.25. The summed E-state index contributed by atoms with van der Waals surface area (Å²) in [5.74, 6) is 0. The van der Waals surface area contributed by atoms with E-state index in [4.69, 9.17) is 0 Å². The lowest BCUT2D eigenvalue weighted by Crippen LogP contribution is -2.13. The van der Waals surface area contributed by atoms with Gasteiger partial charge in [0.2, 0.25) is 5.56 Å². The molecule has 0 atom stereocenters. The maximum atomic E-state index is 11.6. The van der Waals surface area contributed by atoms with Crippen LogP contribution in [0.5, 0.6) is 0 Å². The normalized spacial score (nSPS) is 11.4. The molecule has 5 rings (SSSR count). The van der Waals surface area contributed by atoms with Gasteiger partial charge in [0.1, 0.15) is 0 Å². The molecule has 4 aromatic heterocycles. The van der Waals surface area contributed by atoms with E-state index in [1.165, 1.54) is 16.2 Å². The van der Waals surface area contributed by atoms with Gasteiger partial charge >= 0.3 is 0 Å². The van der Waals surface area contributed by atoms with Crippen LogP contribution in [-0.2, 0) is 7.05 Å². The second kappa shape index (κ2) is 5.64. The van der Waals surface area contributed by atoms with Gasteiger partial charge in [0.15, 0.2) is 0 Å². The van der Waals surface area contributed by atoms with Crippen LogP contribution in [0.25, 0.3) is 37.9 Å². The van der Waals surface area contributed by atoms with Gasteiger partial charge in [0.25, 0.3) is 0 Å². The van der Waals surface area contributed by atoms with Crippen LogP contribution in [0.3, 0.4) is 0 Å². The zero-order valence-corrected chi connectivity index (χ0v) is 14.8. The Balaban J connectivity index is 1.63. The predicted molar refractivity (Wildman–Crippen MR) is 104 cm³/mol. The molecule has 26 heavy (non-hydrogen) atoms. The number of aromatic nitrogens is 4. The van der Waals surface area contributed by atoms with Crippen molar-refractivity contribution < 1.29 is 0 Å². The van der Waals surface area contributed by atoms with Gasteiger partial charge in [-0.1, -0.05) is 18.2 Å². The van der Waals surface area contributed by atoms with Crippen molar-refractivity contribution in [2.75, 3.05) is 0 Å². The van der Waals surface area contributed by atoms with Gasteiger partial charge < -0.3 is 4.57 Å². The molecule has 0 fully saturated rings. The Morgan fingerprint density at radius 3 is 2.62 bits per heavy atom. The first kappa shape index (κ1) is 15.0. The minimum absolute atomic E-state index is 0.0188. The highest BCUT2D eigenvalue weighted by Crippen LogP contribution is 2.30. The maximum Gasteiger partial charge on any atom is 0.250 e. The topological polar surface area (TPSA) is 52.2 Å². The molecule has 0 saturated carbocycles. The van der Waals surface area contributed by atoms with Crippen molar-refractivity contribution in [3.63, 3.8) is 0 Å². The summed E-state index contributed by atoms with van der Waals surface area (Å²) in [5, 5.41) is 5.68. The zero-order valence-electron chi connectivity index (χ0n) is 14.0. The monoisotopic (exact) mass is 358 g/mol. The molecule has 0 unspecified atom stereocenters. The van der Waals surface area contributed by atoms with Gasteiger partial charge in [-0.15, -0.1) is 0 Å². The predicted octanol–water partition coefficient (Wildman–Crippen LogP) is 3.98. The molecule has 0 aliphatic heterocycles. The SMILES string of the molecule is Cn1cc(-c2ccc3c(-c4ccc5cnsc5c4)cnn3c2)ccc1=O. The summed E-state index contributed by atoms with van der Waals surface area (Å²) in [5.41, 5.74) is 5.24. The third-order valence-electron chi connectivity index (χ3n) is 4.60. The van der Waals surface area contributed by atoms with Gasteiger partial charge in [-0.3, -0.25) is 4.79 Å². The number of nitrogens with zero attached hydrogens (tertiary/aromatic N) is 4. The Morgan fingerprint density at radius 1 is 0.923 bits per heavy atom. The Kier molecular flexibility index (Phi) is 3.26. The van der Waals surface area contributed by atoms with Crippen LogP contribution in [0.15, 0.2) is 72.0 Å². The molecule has 0 bridgehead atoms. The highest BCUT2D eigenvalue weighted by atomic mass is 32.1. The first-order chi connectivity index (χ1) is 12.7. The van der Waals surface area contributed by atoms with Crippen molar-refractivity contribution in [3.05, 3.63) is 77.6 Å². The van der Waals surface area contributed by atoms with Crippen molar-refractivity contribution in [3.8, 4) is 22.3 Å². The van der Waals surface area contributed by atoms with Crippen LogP contribution >= 0.6 is 11.5 Å². The average Bonchev–Trinajstić information content (AvgIpc) is 3.29. The highest BCUT2D eigenvalue weighted by molar-refractivity contribution is 7.13. The molecule has 0 radical (unpaired) electrons. The quantitative estimate of drug-likeness (QED) is 0.480. The van der Waals surface area contributed by atoms with E-state index in [0.717, 1.165) is 33.2 Å². The number of fused-ring (bicyclic) bond motifs is 2. The number of pyridine rings is 2. The number of aryl methyl sites for hydroxylation is 1. The van der Waals surface area contributed by atoms with Crippen LogP contribution in [0, 0.1) is 0 Å². The van der Waals surface area contributed by atoms with Gasteiger partial charge in [-0.2, -0.15) is 9.47 Å². The fraction of sp³-hybridized carbons (Fsp3) is 0.0500. The molecule has 0 saturated heterocycles. The van der Waals surface area contributed by atoms with E-state index in [1.54, 1.807) is 17.7 Å². The lowest BCUT2D eigenvalue weighted by atomic mass is 10.1. The zero-order chi connectivity index (χ0) is 17.7. The summed E-state index contributed by atoms with van der Waals surface area (Å²) in [4.78, 5) is 11.6. The molecule has 5 aromatic rings. The third-order valence-corrected chi connectivity index (χ3v) is 5.36. The molecule has 0 aliphatic rings. The van der Waals surface area contributed by atoms with Gasteiger partial charge in [-0.05, 0) is 40.9 Å². The average molecular weight is 358 g/mol. The van der Waals surface area contributed by atoms with Crippen molar-refractivity contribution >= 4 is 27.1 Å². The molecule has 5 nitrogen and oxygen atoms in total. The van der Waals surface area contributed by atoms with Crippen LogP contribution in [0.4, 0.5) is 0 Å². The van der Waals surface area contributed by atoms with Crippen LogP contribution < -0.4 is 5.56 Å². The molecule has 1 aromatic carbocycles. The van der Waals surface area contributed by atoms with E-state index in [-0.39, 0.29) is 5.56 Å². The lowest BCUT2D eigenvalue weighted by Gasteiger charge is -2.05. The van der Waals surface area contributed by atoms with Crippen molar-refractivity contribution in [1.29, 1.82) is 0 Å². The Morgan fingerprint density at radius 2 is 1.73 bits per heavy atom. The number of hydrogen-bond acceptors (Lipinski definition) is 4. The largest absolute Gasteiger partial charge is 0.318 e. The van der Waals surface area contributed by atoms with Gasteiger partial charge in [-0.25, -0.2) is 4.52 Å². The van der Waals surface area contributed by atoms with E-state index >= 15 is 0 Å². The molecule has 126 valence electrons. The molecule has 0 aliphatic carbocycles. The standard InChI is InChI=1S/C20H14N4OS/c1-23-11-15(5-7-20(23)25)16-4-6-18-17(10-21-24(18)12-16)13-2-3-14-9-22-26-19(14)8-13/h2-12H,1H3. The fourth-order valence-electron chi connectivity index (χ4n) is 3.17.